The minimum Gasteiger partial charge on any atom is -0.485 e. The van der Waals surface area contributed by atoms with Crippen molar-refractivity contribution in [3.8, 4) is 6.07 Å². The summed E-state index contributed by atoms with van der Waals surface area (Å²) in [6.07, 6.45) is 8.56. The second kappa shape index (κ2) is 9.16. The Bertz CT molecular complexity index is 1040. The van der Waals surface area contributed by atoms with Crippen LogP contribution in [0.3, 0.4) is 0 Å². The van der Waals surface area contributed by atoms with Gasteiger partial charge in [-0.2, -0.15) is 0 Å². The van der Waals surface area contributed by atoms with Crippen LogP contribution < -0.4 is 4.90 Å². The van der Waals surface area contributed by atoms with E-state index in [-0.39, 0.29) is 11.8 Å². The molecule has 0 amide bonds. The Kier molecular flexibility index (Phi) is 5.97. The Balaban J connectivity index is 1.57. The van der Waals surface area contributed by atoms with Gasteiger partial charge in [-0.25, -0.2) is 10.1 Å². The van der Waals surface area contributed by atoms with Gasteiger partial charge in [-0.3, -0.25) is 0 Å². The van der Waals surface area contributed by atoms with Gasteiger partial charge in [0.05, 0.1) is 12.6 Å². The number of rotatable bonds is 4. The Morgan fingerprint density at radius 3 is 2.47 bits per heavy atom. The first-order valence-corrected chi connectivity index (χ1v) is 10.2. The normalized spacial score (nSPS) is 20.3. The van der Waals surface area contributed by atoms with Gasteiger partial charge in [0.25, 0.3) is 5.70 Å². The number of allylic oxidation sites excluding steroid dienone is 3. The monoisotopic (exact) mass is 393 g/mol. The molecular formula is C26H23N3O. The molecule has 0 spiro atoms. The highest BCUT2D eigenvalue weighted by Crippen LogP contribution is 2.35. The van der Waals surface area contributed by atoms with Crippen molar-refractivity contribution in [2.45, 2.75) is 25.4 Å². The number of nitrogens with zero attached hydrogens (tertiary/aromatic N) is 3. The molecule has 1 fully saturated rings. The van der Waals surface area contributed by atoms with Crippen LogP contribution >= 0.6 is 0 Å². The van der Waals surface area contributed by atoms with Crippen LogP contribution in [0.25, 0.3) is 10.9 Å². The lowest BCUT2D eigenvalue weighted by Gasteiger charge is -2.25. The van der Waals surface area contributed by atoms with Crippen LogP contribution in [0, 0.1) is 17.9 Å². The van der Waals surface area contributed by atoms with Crippen molar-refractivity contribution in [3.63, 3.8) is 0 Å². The average molecular weight is 393 g/mol. The van der Waals surface area contributed by atoms with Gasteiger partial charge in [-0.1, -0.05) is 48.5 Å². The molecule has 0 radical (unpaired) electrons. The third kappa shape index (κ3) is 4.45. The summed E-state index contributed by atoms with van der Waals surface area (Å²) in [5, 5.41) is 9.33. The molecule has 2 aromatic carbocycles. The fourth-order valence-corrected chi connectivity index (χ4v) is 3.89. The summed E-state index contributed by atoms with van der Waals surface area (Å²) in [5.41, 5.74) is 4.23. The van der Waals surface area contributed by atoms with Gasteiger partial charge in [-0.15, -0.1) is 0 Å². The van der Waals surface area contributed by atoms with E-state index in [0.29, 0.717) is 12.2 Å². The van der Waals surface area contributed by atoms with Crippen molar-refractivity contribution in [1.29, 1.82) is 5.26 Å². The second-order valence-corrected chi connectivity index (χ2v) is 7.48. The lowest BCUT2D eigenvalue weighted by Crippen LogP contribution is -2.17. The molecule has 4 rings (SSSR count). The second-order valence-electron chi connectivity index (χ2n) is 7.48. The van der Waals surface area contributed by atoms with Crippen LogP contribution in [0.1, 0.15) is 36.5 Å². The summed E-state index contributed by atoms with van der Waals surface area (Å²) in [5.74, 6) is 0.658. The molecule has 0 N–H and O–H groups in total. The topological polar surface area (TPSA) is 40.6 Å². The summed E-state index contributed by atoms with van der Waals surface area (Å²) >= 11 is 0. The highest BCUT2D eigenvalue weighted by Gasteiger charge is 2.22. The van der Waals surface area contributed by atoms with Gasteiger partial charge in [0.1, 0.15) is 11.9 Å². The lowest BCUT2D eigenvalue weighted by atomic mass is 9.97. The molecule has 2 aliphatic rings. The maximum absolute atomic E-state index is 9.33. The molecule has 1 saturated heterocycles. The van der Waals surface area contributed by atoms with E-state index in [1.807, 2.05) is 54.6 Å². The highest BCUT2D eigenvalue weighted by atomic mass is 16.5. The fraction of sp³-hybridized carbons (Fsp3) is 0.231. The Hall–Kier alpha value is -3.76. The molecule has 0 aromatic heterocycles. The predicted molar refractivity (Wildman–Crippen MR) is 119 cm³/mol. The maximum Gasteiger partial charge on any atom is 0.265 e. The third-order valence-electron chi connectivity index (χ3n) is 5.50. The quantitative estimate of drug-likeness (QED) is 0.469. The van der Waals surface area contributed by atoms with Gasteiger partial charge in [0, 0.05) is 25.2 Å². The van der Waals surface area contributed by atoms with Crippen molar-refractivity contribution >= 4 is 11.8 Å². The average Bonchev–Trinajstić information content (AvgIpc) is 3.34. The fourth-order valence-electron chi connectivity index (χ4n) is 3.89. The van der Waals surface area contributed by atoms with Crippen molar-refractivity contribution in [2.24, 2.45) is 0 Å². The van der Waals surface area contributed by atoms with Crippen molar-refractivity contribution < 1.29 is 4.74 Å². The first kappa shape index (κ1) is 19.6. The molecule has 0 bridgehead atoms. The van der Waals surface area contributed by atoms with Gasteiger partial charge < -0.3 is 9.64 Å². The van der Waals surface area contributed by atoms with Gasteiger partial charge in [0.2, 0.25) is 0 Å². The molecule has 2 heterocycles. The smallest absolute Gasteiger partial charge is 0.265 e. The highest BCUT2D eigenvalue weighted by molar-refractivity contribution is 5.58. The van der Waals surface area contributed by atoms with Crippen molar-refractivity contribution in [1.82, 2.24) is 0 Å². The maximum atomic E-state index is 9.33. The molecule has 4 nitrogen and oxygen atoms in total. The zero-order valence-electron chi connectivity index (χ0n) is 16.8. The molecule has 0 saturated carbocycles. The molecule has 1 atom stereocenters. The van der Waals surface area contributed by atoms with Crippen molar-refractivity contribution in [3.05, 3.63) is 106 Å². The van der Waals surface area contributed by atoms with Crippen LogP contribution in [0.5, 0.6) is 0 Å². The van der Waals surface area contributed by atoms with Crippen LogP contribution in [-0.4, -0.2) is 13.1 Å². The summed E-state index contributed by atoms with van der Waals surface area (Å²) in [6.45, 7) is 9.58. The third-order valence-corrected chi connectivity index (χ3v) is 5.50. The Labute approximate surface area is 177 Å². The summed E-state index contributed by atoms with van der Waals surface area (Å²) in [7, 11) is 0. The van der Waals surface area contributed by atoms with Crippen LogP contribution in [0.15, 0.2) is 83.8 Å². The first-order valence-electron chi connectivity index (χ1n) is 10.2. The largest absolute Gasteiger partial charge is 0.485 e. The van der Waals surface area contributed by atoms with Gasteiger partial charge in [0.15, 0.2) is 0 Å². The van der Waals surface area contributed by atoms with Crippen LogP contribution in [0.2, 0.25) is 0 Å². The van der Waals surface area contributed by atoms with Crippen LogP contribution in [-0.2, 0) is 4.74 Å². The zero-order valence-corrected chi connectivity index (χ0v) is 16.8. The number of nitriles is 1. The number of hydrogen-bond donors (Lipinski definition) is 0. The zero-order chi connectivity index (χ0) is 20.8. The molecule has 148 valence electrons. The van der Waals surface area contributed by atoms with E-state index in [0.717, 1.165) is 29.8 Å². The Morgan fingerprint density at radius 2 is 1.80 bits per heavy atom. The minimum absolute atomic E-state index is 0.125. The first-order chi connectivity index (χ1) is 14.8. The minimum atomic E-state index is -0.214. The number of hydrogen-bond acceptors (Lipinski definition) is 3. The molecule has 2 aliphatic heterocycles. The Morgan fingerprint density at radius 1 is 1.07 bits per heavy atom. The molecule has 30 heavy (non-hydrogen) atoms. The summed E-state index contributed by atoms with van der Waals surface area (Å²) < 4.78 is 6.19. The molecule has 4 heteroatoms. The predicted octanol–water partition coefficient (Wildman–Crippen LogP) is 6.04. The van der Waals surface area contributed by atoms with E-state index >= 15 is 0 Å². The molecule has 1 unspecified atom stereocenters. The van der Waals surface area contributed by atoms with E-state index in [1.54, 1.807) is 0 Å². The lowest BCUT2D eigenvalue weighted by molar-refractivity contribution is 0.118. The van der Waals surface area contributed by atoms with Gasteiger partial charge >= 0.3 is 0 Å². The number of ether oxygens (including phenoxy) is 1. The van der Waals surface area contributed by atoms with E-state index in [9.17, 15) is 5.26 Å². The van der Waals surface area contributed by atoms with E-state index in [2.05, 4.69) is 34.0 Å². The molecular weight excluding hydrogens is 370 g/mol. The summed E-state index contributed by atoms with van der Waals surface area (Å²) in [4.78, 5) is 5.81. The number of anilines is 1. The van der Waals surface area contributed by atoms with Crippen LogP contribution in [0.4, 0.5) is 5.69 Å². The summed E-state index contributed by atoms with van der Waals surface area (Å²) in [6, 6.07) is 20.5. The van der Waals surface area contributed by atoms with Gasteiger partial charge in [-0.05, 0) is 53.8 Å². The number of benzene rings is 2. The molecule has 0 aliphatic carbocycles. The van der Waals surface area contributed by atoms with E-state index in [1.165, 1.54) is 18.5 Å². The van der Waals surface area contributed by atoms with E-state index in [4.69, 9.17) is 11.3 Å². The SMILES string of the molecule is [C-]#[N+]C(C#N)=C1C=C(C=Cc2ccc(N3CCCC3)cc2)OC(c2ccccc2)C1. The van der Waals surface area contributed by atoms with Crippen molar-refractivity contribution in [2.75, 3.05) is 18.0 Å². The standard InChI is InChI=1S/C26H23N3O/c1-28-25(19-27)22-17-24(30-26(18-22)21-7-3-2-4-8-21)14-11-20-9-12-23(13-10-20)29-15-5-6-16-29/h2-4,7-14,17,26H,5-6,15-16,18H2. The van der Waals surface area contributed by atoms with E-state index < -0.39 is 0 Å². The molecule has 2 aromatic rings.